The van der Waals surface area contributed by atoms with Crippen LogP contribution in [0.2, 0.25) is 0 Å². The SMILES string of the molecule is CC(=O)NN=Cc1cccn1C. The zero-order valence-corrected chi connectivity index (χ0v) is 7.11. The van der Waals surface area contributed by atoms with Crippen LogP contribution < -0.4 is 5.43 Å². The van der Waals surface area contributed by atoms with Crippen LogP contribution >= 0.6 is 0 Å². The van der Waals surface area contributed by atoms with Crippen LogP contribution in [-0.2, 0) is 11.8 Å². The van der Waals surface area contributed by atoms with Gasteiger partial charge in [0, 0.05) is 20.2 Å². The van der Waals surface area contributed by atoms with Crippen molar-refractivity contribution >= 4 is 12.1 Å². The normalized spacial score (nSPS) is 10.5. The zero-order chi connectivity index (χ0) is 8.97. The van der Waals surface area contributed by atoms with E-state index in [1.807, 2.05) is 29.9 Å². The zero-order valence-electron chi connectivity index (χ0n) is 7.11. The standard InChI is InChI=1S/C8H11N3O/c1-7(12)10-9-6-8-4-3-5-11(8)2/h3-6H,1-2H3,(H,10,12). The van der Waals surface area contributed by atoms with Crippen LogP contribution in [0.3, 0.4) is 0 Å². The second-order valence-electron chi connectivity index (χ2n) is 2.47. The first-order valence-electron chi connectivity index (χ1n) is 3.61. The van der Waals surface area contributed by atoms with E-state index in [-0.39, 0.29) is 5.91 Å². The molecular formula is C8H11N3O. The lowest BCUT2D eigenvalue weighted by molar-refractivity contribution is -0.118. The fourth-order valence-corrected chi connectivity index (χ4v) is 0.798. The molecule has 0 saturated carbocycles. The highest BCUT2D eigenvalue weighted by Crippen LogP contribution is 1.94. The Kier molecular flexibility index (Phi) is 2.63. The van der Waals surface area contributed by atoms with Crippen molar-refractivity contribution in [2.75, 3.05) is 0 Å². The van der Waals surface area contributed by atoms with Gasteiger partial charge in [-0.3, -0.25) is 4.79 Å². The summed E-state index contributed by atoms with van der Waals surface area (Å²) in [5.74, 6) is -0.166. The first kappa shape index (κ1) is 8.52. The van der Waals surface area contributed by atoms with Gasteiger partial charge in [-0.1, -0.05) is 0 Å². The van der Waals surface area contributed by atoms with Gasteiger partial charge in [0.1, 0.15) is 0 Å². The summed E-state index contributed by atoms with van der Waals surface area (Å²) in [4.78, 5) is 10.4. The maximum absolute atomic E-state index is 10.4. The van der Waals surface area contributed by atoms with Gasteiger partial charge in [-0.25, -0.2) is 5.43 Å². The first-order valence-corrected chi connectivity index (χ1v) is 3.61. The number of carbonyl (C=O) groups excluding carboxylic acids is 1. The van der Waals surface area contributed by atoms with Crippen LogP contribution in [0.5, 0.6) is 0 Å². The molecule has 64 valence electrons. The molecule has 0 aliphatic carbocycles. The second-order valence-corrected chi connectivity index (χ2v) is 2.47. The number of amides is 1. The Morgan fingerprint density at radius 3 is 3.00 bits per heavy atom. The fourth-order valence-electron chi connectivity index (χ4n) is 0.798. The van der Waals surface area contributed by atoms with E-state index in [0.717, 1.165) is 5.69 Å². The Labute approximate surface area is 70.9 Å². The molecule has 0 fully saturated rings. The van der Waals surface area contributed by atoms with Crippen molar-refractivity contribution in [3.63, 3.8) is 0 Å². The molecule has 12 heavy (non-hydrogen) atoms. The number of nitrogens with one attached hydrogen (secondary N) is 1. The number of aromatic nitrogens is 1. The number of hydrogen-bond acceptors (Lipinski definition) is 2. The number of hydrazone groups is 1. The topological polar surface area (TPSA) is 46.4 Å². The summed E-state index contributed by atoms with van der Waals surface area (Å²) in [7, 11) is 1.91. The Balaban J connectivity index is 2.57. The third-order valence-electron chi connectivity index (χ3n) is 1.40. The van der Waals surface area contributed by atoms with Crippen LogP contribution in [-0.4, -0.2) is 16.7 Å². The predicted octanol–water partition coefficient (Wildman–Crippen LogP) is 0.495. The Morgan fingerprint density at radius 2 is 2.50 bits per heavy atom. The van der Waals surface area contributed by atoms with E-state index in [0.29, 0.717) is 0 Å². The minimum atomic E-state index is -0.166. The van der Waals surface area contributed by atoms with Crippen molar-refractivity contribution in [1.82, 2.24) is 9.99 Å². The van der Waals surface area contributed by atoms with E-state index in [1.165, 1.54) is 6.92 Å². The molecule has 0 saturated heterocycles. The van der Waals surface area contributed by atoms with Crippen LogP contribution in [0.15, 0.2) is 23.4 Å². The lowest BCUT2D eigenvalue weighted by atomic mass is 10.5. The van der Waals surface area contributed by atoms with Gasteiger partial charge in [-0.05, 0) is 12.1 Å². The lowest BCUT2D eigenvalue weighted by Crippen LogP contribution is -2.12. The largest absolute Gasteiger partial charge is 0.350 e. The maximum atomic E-state index is 10.4. The molecule has 0 radical (unpaired) electrons. The van der Waals surface area contributed by atoms with Gasteiger partial charge >= 0.3 is 0 Å². The molecule has 4 heteroatoms. The summed E-state index contributed by atoms with van der Waals surface area (Å²) in [6, 6.07) is 3.82. The molecule has 0 aliphatic rings. The van der Waals surface area contributed by atoms with E-state index < -0.39 is 0 Å². The summed E-state index contributed by atoms with van der Waals surface area (Å²) < 4.78 is 1.91. The highest BCUT2D eigenvalue weighted by molar-refractivity contribution is 5.80. The van der Waals surface area contributed by atoms with Crippen LogP contribution in [0.25, 0.3) is 0 Å². The smallest absolute Gasteiger partial charge is 0.236 e. The molecule has 0 unspecified atom stereocenters. The van der Waals surface area contributed by atoms with E-state index in [2.05, 4.69) is 10.5 Å². The molecule has 0 aromatic carbocycles. The molecule has 0 aliphatic heterocycles. The number of aryl methyl sites for hydroxylation is 1. The minimum Gasteiger partial charge on any atom is -0.350 e. The second kappa shape index (κ2) is 3.71. The lowest BCUT2D eigenvalue weighted by Gasteiger charge is -1.94. The summed E-state index contributed by atoms with van der Waals surface area (Å²) in [6.45, 7) is 1.42. The molecular weight excluding hydrogens is 154 g/mol. The van der Waals surface area contributed by atoms with Crippen molar-refractivity contribution in [1.29, 1.82) is 0 Å². The highest BCUT2D eigenvalue weighted by Gasteiger charge is 1.90. The number of nitrogens with zero attached hydrogens (tertiary/aromatic N) is 2. The Bertz CT molecular complexity index is 301. The van der Waals surface area contributed by atoms with Gasteiger partial charge in [0.2, 0.25) is 5.91 Å². The quantitative estimate of drug-likeness (QED) is 0.503. The van der Waals surface area contributed by atoms with Crippen molar-refractivity contribution in [3.05, 3.63) is 24.0 Å². The fraction of sp³-hybridized carbons (Fsp3) is 0.250. The molecule has 1 aromatic heterocycles. The third-order valence-corrected chi connectivity index (χ3v) is 1.40. The van der Waals surface area contributed by atoms with Crippen molar-refractivity contribution < 1.29 is 4.79 Å². The van der Waals surface area contributed by atoms with Crippen molar-refractivity contribution in [3.8, 4) is 0 Å². The number of rotatable bonds is 2. The first-order chi connectivity index (χ1) is 5.70. The van der Waals surface area contributed by atoms with Gasteiger partial charge in [-0.15, -0.1) is 0 Å². The molecule has 1 N–H and O–H groups in total. The average molecular weight is 165 g/mol. The summed E-state index contributed by atoms with van der Waals surface area (Å²) in [6.07, 6.45) is 3.51. The van der Waals surface area contributed by atoms with Crippen LogP contribution in [0, 0.1) is 0 Å². The summed E-state index contributed by atoms with van der Waals surface area (Å²) in [5.41, 5.74) is 3.28. The van der Waals surface area contributed by atoms with E-state index in [1.54, 1.807) is 6.21 Å². The van der Waals surface area contributed by atoms with Gasteiger partial charge in [0.15, 0.2) is 0 Å². The van der Waals surface area contributed by atoms with Crippen LogP contribution in [0.1, 0.15) is 12.6 Å². The maximum Gasteiger partial charge on any atom is 0.236 e. The molecule has 0 bridgehead atoms. The molecule has 4 nitrogen and oxygen atoms in total. The molecule has 1 amide bonds. The number of carbonyl (C=O) groups is 1. The van der Waals surface area contributed by atoms with Crippen molar-refractivity contribution in [2.24, 2.45) is 12.1 Å². The Morgan fingerprint density at radius 1 is 1.75 bits per heavy atom. The molecule has 1 heterocycles. The van der Waals surface area contributed by atoms with Gasteiger partial charge in [0.05, 0.1) is 11.9 Å². The number of hydrogen-bond donors (Lipinski definition) is 1. The minimum absolute atomic E-state index is 0.166. The van der Waals surface area contributed by atoms with Gasteiger partial charge < -0.3 is 4.57 Å². The summed E-state index contributed by atoms with van der Waals surface area (Å²) >= 11 is 0. The molecule has 0 spiro atoms. The summed E-state index contributed by atoms with van der Waals surface area (Å²) in [5, 5.41) is 3.73. The van der Waals surface area contributed by atoms with E-state index >= 15 is 0 Å². The Hall–Kier alpha value is -1.58. The molecule has 1 aromatic rings. The van der Waals surface area contributed by atoms with Crippen molar-refractivity contribution in [2.45, 2.75) is 6.92 Å². The molecule has 1 rings (SSSR count). The van der Waals surface area contributed by atoms with E-state index in [9.17, 15) is 4.79 Å². The third kappa shape index (κ3) is 2.23. The molecule has 0 atom stereocenters. The highest BCUT2D eigenvalue weighted by atomic mass is 16.2. The van der Waals surface area contributed by atoms with E-state index in [4.69, 9.17) is 0 Å². The van der Waals surface area contributed by atoms with Gasteiger partial charge in [0.25, 0.3) is 0 Å². The van der Waals surface area contributed by atoms with Gasteiger partial charge in [-0.2, -0.15) is 5.10 Å². The monoisotopic (exact) mass is 165 g/mol. The average Bonchev–Trinajstić information content (AvgIpc) is 2.36. The van der Waals surface area contributed by atoms with Crippen LogP contribution in [0.4, 0.5) is 0 Å². The predicted molar refractivity (Wildman–Crippen MR) is 46.8 cm³/mol.